The Bertz CT molecular complexity index is 631. The van der Waals surface area contributed by atoms with Crippen molar-refractivity contribution in [3.63, 3.8) is 0 Å². The minimum Gasteiger partial charge on any atom is -0.491 e. The monoisotopic (exact) mass is 356 g/mol. The van der Waals surface area contributed by atoms with Crippen LogP contribution in [0, 0.1) is 0 Å². The van der Waals surface area contributed by atoms with Gasteiger partial charge >= 0.3 is 0 Å². The smallest absolute Gasteiger partial charge is 0.122 e. The van der Waals surface area contributed by atoms with Crippen molar-refractivity contribution in [3.05, 3.63) is 60.2 Å². The molecule has 4 nitrogen and oxygen atoms in total. The van der Waals surface area contributed by atoms with Gasteiger partial charge in [0.1, 0.15) is 18.5 Å². The molecule has 0 aromatic heterocycles. The summed E-state index contributed by atoms with van der Waals surface area (Å²) in [7, 11) is 2.10. The third-order valence-electron chi connectivity index (χ3n) is 4.40. The highest BCUT2D eigenvalue weighted by Gasteiger charge is 2.10. The van der Waals surface area contributed by atoms with Crippen molar-refractivity contribution in [3.8, 4) is 5.75 Å². The van der Waals surface area contributed by atoms with Gasteiger partial charge in [-0.15, -0.1) is 0 Å². The number of hydrogen-bond donors (Lipinski definition) is 2. The summed E-state index contributed by atoms with van der Waals surface area (Å²) in [5.74, 6) is 1.27. The van der Waals surface area contributed by atoms with Crippen LogP contribution in [0.3, 0.4) is 0 Å². The number of rotatable bonds is 11. The van der Waals surface area contributed by atoms with Crippen molar-refractivity contribution < 1.29 is 9.84 Å². The molecule has 1 atom stereocenters. The SMILES string of the molecule is CC(C)c1ccccc1OCC(O)CNCCCN(C)c1ccccc1. The van der Waals surface area contributed by atoms with Gasteiger partial charge in [-0.1, -0.05) is 50.2 Å². The summed E-state index contributed by atoms with van der Waals surface area (Å²) in [6, 6.07) is 18.4. The Hall–Kier alpha value is -2.04. The molecule has 4 heteroatoms. The van der Waals surface area contributed by atoms with Crippen molar-refractivity contribution >= 4 is 5.69 Å². The Labute approximate surface area is 157 Å². The molecule has 0 bridgehead atoms. The van der Waals surface area contributed by atoms with Crippen molar-refractivity contribution in [2.75, 3.05) is 38.2 Å². The topological polar surface area (TPSA) is 44.7 Å². The van der Waals surface area contributed by atoms with Crippen molar-refractivity contribution in [2.24, 2.45) is 0 Å². The summed E-state index contributed by atoms with van der Waals surface area (Å²) in [6.45, 7) is 6.99. The number of anilines is 1. The molecule has 2 aromatic rings. The number of ether oxygens (including phenoxy) is 1. The maximum Gasteiger partial charge on any atom is 0.122 e. The number of aliphatic hydroxyl groups is 1. The summed E-state index contributed by atoms with van der Waals surface area (Å²) in [6.07, 6.45) is 0.511. The first kappa shape index (κ1) is 20.3. The highest BCUT2D eigenvalue weighted by molar-refractivity contribution is 5.44. The largest absolute Gasteiger partial charge is 0.491 e. The van der Waals surface area contributed by atoms with Crippen LogP contribution in [-0.2, 0) is 0 Å². The first-order valence-electron chi connectivity index (χ1n) is 9.44. The molecule has 0 amide bonds. The van der Waals surface area contributed by atoms with Gasteiger partial charge in [0, 0.05) is 25.8 Å². The van der Waals surface area contributed by atoms with Gasteiger partial charge in [-0.05, 0) is 42.6 Å². The van der Waals surface area contributed by atoms with Gasteiger partial charge in [-0.25, -0.2) is 0 Å². The van der Waals surface area contributed by atoms with Gasteiger partial charge in [-0.3, -0.25) is 0 Å². The molecule has 0 aliphatic rings. The van der Waals surface area contributed by atoms with Gasteiger partial charge in [0.2, 0.25) is 0 Å². The number of aliphatic hydroxyl groups excluding tert-OH is 1. The Morgan fingerprint density at radius 1 is 1.04 bits per heavy atom. The molecule has 142 valence electrons. The Balaban J connectivity index is 1.61. The molecule has 0 saturated carbocycles. The van der Waals surface area contributed by atoms with Gasteiger partial charge in [0.15, 0.2) is 0 Å². The normalized spacial score (nSPS) is 12.2. The molecule has 1 unspecified atom stereocenters. The van der Waals surface area contributed by atoms with E-state index in [1.807, 2.05) is 24.3 Å². The summed E-state index contributed by atoms with van der Waals surface area (Å²) in [4.78, 5) is 2.24. The standard InChI is InChI=1S/C22H32N2O2/c1-18(2)21-12-7-8-13-22(21)26-17-20(25)16-23-14-9-15-24(3)19-10-5-4-6-11-19/h4-8,10-13,18,20,23,25H,9,14-17H2,1-3H3. The van der Waals surface area contributed by atoms with E-state index in [1.54, 1.807) is 0 Å². The number of nitrogens with zero attached hydrogens (tertiary/aromatic N) is 1. The summed E-state index contributed by atoms with van der Waals surface area (Å²) >= 11 is 0. The van der Waals surface area contributed by atoms with Gasteiger partial charge in [-0.2, -0.15) is 0 Å². The average molecular weight is 357 g/mol. The van der Waals surface area contributed by atoms with E-state index in [1.165, 1.54) is 11.3 Å². The van der Waals surface area contributed by atoms with Crippen molar-refractivity contribution in [1.29, 1.82) is 0 Å². The predicted molar refractivity (Wildman–Crippen MR) is 109 cm³/mol. The summed E-state index contributed by atoms with van der Waals surface area (Å²) in [5.41, 5.74) is 2.40. The van der Waals surface area contributed by atoms with Crippen LogP contribution < -0.4 is 15.0 Å². The zero-order valence-electron chi connectivity index (χ0n) is 16.2. The third-order valence-corrected chi connectivity index (χ3v) is 4.40. The summed E-state index contributed by atoms with van der Waals surface area (Å²) < 4.78 is 5.82. The van der Waals surface area contributed by atoms with E-state index in [2.05, 4.69) is 61.4 Å². The summed E-state index contributed by atoms with van der Waals surface area (Å²) in [5, 5.41) is 13.4. The quantitative estimate of drug-likeness (QED) is 0.603. The third kappa shape index (κ3) is 6.70. The molecular weight excluding hydrogens is 324 g/mol. The fourth-order valence-corrected chi connectivity index (χ4v) is 2.86. The van der Waals surface area contributed by atoms with Crippen molar-refractivity contribution in [1.82, 2.24) is 5.32 Å². The van der Waals surface area contributed by atoms with Crippen LogP contribution in [0.4, 0.5) is 5.69 Å². The molecule has 0 aliphatic heterocycles. The van der Waals surface area contributed by atoms with E-state index in [0.29, 0.717) is 19.1 Å². The van der Waals surface area contributed by atoms with Crippen LogP contribution in [0.15, 0.2) is 54.6 Å². The molecular formula is C22H32N2O2. The first-order valence-corrected chi connectivity index (χ1v) is 9.44. The first-order chi connectivity index (χ1) is 12.6. The van der Waals surface area contributed by atoms with E-state index in [0.717, 1.165) is 25.3 Å². The Morgan fingerprint density at radius 2 is 1.73 bits per heavy atom. The van der Waals surface area contributed by atoms with Gasteiger partial charge < -0.3 is 20.1 Å². The number of benzene rings is 2. The van der Waals surface area contributed by atoms with Crippen LogP contribution >= 0.6 is 0 Å². The van der Waals surface area contributed by atoms with Gasteiger partial charge in [0.05, 0.1) is 0 Å². The van der Waals surface area contributed by atoms with E-state index < -0.39 is 6.10 Å². The van der Waals surface area contributed by atoms with Crippen LogP contribution in [0.25, 0.3) is 0 Å². The molecule has 0 aliphatic carbocycles. The zero-order chi connectivity index (χ0) is 18.8. The second kappa shape index (κ2) is 10.8. The van der Waals surface area contributed by atoms with Crippen LogP contribution in [0.1, 0.15) is 31.7 Å². The second-order valence-corrected chi connectivity index (χ2v) is 6.97. The fourth-order valence-electron chi connectivity index (χ4n) is 2.86. The number of nitrogens with one attached hydrogen (secondary N) is 1. The molecule has 0 radical (unpaired) electrons. The highest BCUT2D eigenvalue weighted by Crippen LogP contribution is 2.25. The van der Waals surface area contributed by atoms with Crippen LogP contribution in [0.5, 0.6) is 5.75 Å². The van der Waals surface area contributed by atoms with E-state index in [-0.39, 0.29) is 0 Å². The molecule has 2 N–H and O–H groups in total. The molecule has 0 fully saturated rings. The van der Waals surface area contributed by atoms with Crippen LogP contribution in [0.2, 0.25) is 0 Å². The number of para-hydroxylation sites is 2. The minimum atomic E-state index is -0.512. The van der Waals surface area contributed by atoms with E-state index in [4.69, 9.17) is 4.74 Å². The molecule has 2 aromatic carbocycles. The lowest BCUT2D eigenvalue weighted by atomic mass is 10.0. The lowest BCUT2D eigenvalue weighted by Gasteiger charge is -2.20. The molecule has 2 rings (SSSR count). The fraction of sp³-hybridized carbons (Fsp3) is 0.455. The number of hydrogen-bond acceptors (Lipinski definition) is 4. The van der Waals surface area contributed by atoms with Crippen LogP contribution in [-0.4, -0.2) is 44.5 Å². The van der Waals surface area contributed by atoms with E-state index in [9.17, 15) is 5.11 Å². The second-order valence-electron chi connectivity index (χ2n) is 6.97. The highest BCUT2D eigenvalue weighted by atomic mass is 16.5. The molecule has 0 spiro atoms. The molecule has 0 saturated heterocycles. The zero-order valence-corrected chi connectivity index (χ0v) is 16.2. The maximum absolute atomic E-state index is 10.1. The Morgan fingerprint density at radius 3 is 2.46 bits per heavy atom. The van der Waals surface area contributed by atoms with Crippen molar-refractivity contribution in [2.45, 2.75) is 32.3 Å². The lowest BCUT2D eigenvalue weighted by molar-refractivity contribution is 0.106. The predicted octanol–water partition coefficient (Wildman–Crippen LogP) is 3.67. The maximum atomic E-state index is 10.1. The average Bonchev–Trinajstić information content (AvgIpc) is 2.66. The van der Waals surface area contributed by atoms with Gasteiger partial charge in [0.25, 0.3) is 0 Å². The van der Waals surface area contributed by atoms with E-state index >= 15 is 0 Å². The molecule has 26 heavy (non-hydrogen) atoms. The minimum absolute atomic E-state index is 0.306. The Kier molecular flexibility index (Phi) is 8.45. The molecule has 0 heterocycles. The lowest BCUT2D eigenvalue weighted by Crippen LogP contribution is -2.33.